The highest BCUT2D eigenvalue weighted by Crippen LogP contribution is 2.35. The van der Waals surface area contributed by atoms with E-state index in [-0.39, 0.29) is 17.6 Å². The van der Waals surface area contributed by atoms with Gasteiger partial charge in [-0.25, -0.2) is 4.79 Å². The van der Waals surface area contributed by atoms with Crippen LogP contribution in [0.15, 0.2) is 29.1 Å². The van der Waals surface area contributed by atoms with Gasteiger partial charge < -0.3 is 9.88 Å². The summed E-state index contributed by atoms with van der Waals surface area (Å²) in [6.45, 7) is 3.74. The van der Waals surface area contributed by atoms with Gasteiger partial charge in [0.15, 0.2) is 0 Å². The molecule has 2 heterocycles. The van der Waals surface area contributed by atoms with Crippen LogP contribution < -0.4 is 5.69 Å². The first-order valence-corrected chi connectivity index (χ1v) is 8.61. The molecule has 5 nitrogen and oxygen atoms in total. The van der Waals surface area contributed by atoms with E-state index >= 15 is 0 Å². The molecular weight excluding hydrogens is 290 g/mol. The van der Waals surface area contributed by atoms with Crippen molar-refractivity contribution in [3.8, 4) is 0 Å². The van der Waals surface area contributed by atoms with E-state index < -0.39 is 0 Å². The number of likely N-dealkylation sites (tertiary alicyclic amines) is 1. The van der Waals surface area contributed by atoms with E-state index in [0.717, 1.165) is 49.8 Å². The van der Waals surface area contributed by atoms with Crippen LogP contribution in [0.5, 0.6) is 0 Å². The van der Waals surface area contributed by atoms with E-state index in [2.05, 4.69) is 11.9 Å². The van der Waals surface area contributed by atoms with E-state index in [1.165, 1.54) is 0 Å². The fraction of sp³-hybridized carbons (Fsp3) is 0.556. The van der Waals surface area contributed by atoms with Gasteiger partial charge >= 0.3 is 5.69 Å². The molecule has 5 heteroatoms. The summed E-state index contributed by atoms with van der Waals surface area (Å²) in [5.41, 5.74) is 1.82. The second-order valence-corrected chi connectivity index (χ2v) is 7.15. The number of hydrogen-bond acceptors (Lipinski definition) is 2. The molecule has 0 bridgehead atoms. The van der Waals surface area contributed by atoms with Crippen LogP contribution in [0.2, 0.25) is 0 Å². The number of aromatic nitrogens is 2. The van der Waals surface area contributed by atoms with Crippen LogP contribution in [0.25, 0.3) is 11.0 Å². The number of carbonyl (C=O) groups is 1. The van der Waals surface area contributed by atoms with Gasteiger partial charge in [-0.3, -0.25) is 9.36 Å². The lowest BCUT2D eigenvalue weighted by Crippen LogP contribution is -2.45. The van der Waals surface area contributed by atoms with Crippen LogP contribution in [0.3, 0.4) is 0 Å². The Hall–Kier alpha value is -2.04. The predicted molar refractivity (Wildman–Crippen MR) is 89.3 cm³/mol. The second kappa shape index (κ2) is 5.55. The second-order valence-electron chi connectivity index (χ2n) is 7.15. The molecule has 23 heavy (non-hydrogen) atoms. The van der Waals surface area contributed by atoms with Gasteiger partial charge in [-0.15, -0.1) is 0 Å². The van der Waals surface area contributed by atoms with Crippen LogP contribution >= 0.6 is 0 Å². The molecule has 1 amide bonds. The Morgan fingerprint density at radius 3 is 2.57 bits per heavy atom. The number of nitrogens with one attached hydrogen (secondary N) is 1. The quantitative estimate of drug-likeness (QED) is 0.926. The van der Waals surface area contributed by atoms with Gasteiger partial charge in [-0.1, -0.05) is 19.1 Å². The third kappa shape index (κ3) is 2.48. The highest BCUT2D eigenvalue weighted by Gasteiger charge is 2.36. The molecule has 1 saturated carbocycles. The zero-order valence-electron chi connectivity index (χ0n) is 13.5. The first-order chi connectivity index (χ1) is 11.1. The molecule has 1 N–H and O–H groups in total. The zero-order valence-corrected chi connectivity index (χ0v) is 13.5. The largest absolute Gasteiger partial charge is 0.342 e. The highest BCUT2D eigenvalue weighted by atomic mass is 16.2. The number of fused-ring (bicyclic) bond motifs is 1. The summed E-state index contributed by atoms with van der Waals surface area (Å²) in [6, 6.07) is 8.00. The van der Waals surface area contributed by atoms with Crippen LogP contribution in [0.1, 0.15) is 38.6 Å². The van der Waals surface area contributed by atoms with E-state index in [1.54, 1.807) is 0 Å². The summed E-state index contributed by atoms with van der Waals surface area (Å²) >= 11 is 0. The van der Waals surface area contributed by atoms with Gasteiger partial charge in [0.1, 0.15) is 0 Å². The summed E-state index contributed by atoms with van der Waals surface area (Å²) in [4.78, 5) is 29.7. The third-order valence-corrected chi connectivity index (χ3v) is 5.49. The molecule has 0 radical (unpaired) electrons. The maximum absolute atomic E-state index is 12.4. The standard InChI is InChI=1S/C18H23N3O2/c1-12-10-13(11-12)17(22)20-8-6-14(7-9-20)21-16-5-3-2-4-15(16)19-18(21)23/h2-5,12-14H,6-11H2,1H3,(H,19,23). The van der Waals surface area contributed by atoms with E-state index in [4.69, 9.17) is 0 Å². The fourth-order valence-corrected chi connectivity index (χ4v) is 4.14. The Kier molecular flexibility index (Phi) is 3.51. The predicted octanol–water partition coefficient (Wildman–Crippen LogP) is 2.54. The van der Waals surface area contributed by atoms with Gasteiger partial charge in [0.25, 0.3) is 0 Å². The third-order valence-electron chi connectivity index (χ3n) is 5.49. The van der Waals surface area contributed by atoms with Crippen molar-refractivity contribution < 1.29 is 4.79 Å². The first-order valence-electron chi connectivity index (χ1n) is 8.61. The van der Waals surface area contributed by atoms with Gasteiger partial charge in [0.05, 0.1) is 11.0 Å². The van der Waals surface area contributed by atoms with Crippen LogP contribution in [0.4, 0.5) is 0 Å². The number of imidazole rings is 1. The molecule has 0 atom stereocenters. The number of para-hydroxylation sites is 2. The number of carbonyl (C=O) groups excluding carboxylic acids is 1. The zero-order chi connectivity index (χ0) is 16.0. The fourth-order valence-electron chi connectivity index (χ4n) is 4.14. The van der Waals surface area contributed by atoms with Crippen LogP contribution in [0, 0.1) is 11.8 Å². The minimum absolute atomic E-state index is 0.0382. The first kappa shape index (κ1) is 14.5. The topological polar surface area (TPSA) is 58.1 Å². The molecular formula is C18H23N3O2. The van der Waals surface area contributed by atoms with Gasteiger partial charge in [0, 0.05) is 25.0 Å². The lowest BCUT2D eigenvalue weighted by atomic mass is 9.75. The van der Waals surface area contributed by atoms with Crippen molar-refractivity contribution in [1.29, 1.82) is 0 Å². The highest BCUT2D eigenvalue weighted by molar-refractivity contribution is 5.80. The van der Waals surface area contributed by atoms with Crippen molar-refractivity contribution >= 4 is 16.9 Å². The number of H-pyrrole nitrogens is 1. The van der Waals surface area contributed by atoms with Crippen LogP contribution in [-0.2, 0) is 4.79 Å². The summed E-state index contributed by atoms with van der Waals surface area (Å²) in [6.07, 6.45) is 3.80. The number of aromatic amines is 1. The van der Waals surface area contributed by atoms with Crippen molar-refractivity contribution in [2.75, 3.05) is 13.1 Å². The number of amides is 1. The minimum Gasteiger partial charge on any atom is -0.342 e. The molecule has 2 aliphatic rings. The molecule has 1 aliphatic heterocycles. The molecule has 0 spiro atoms. The summed E-state index contributed by atoms with van der Waals surface area (Å²) < 4.78 is 1.88. The Bertz CT molecular complexity index is 777. The Balaban J connectivity index is 1.48. The van der Waals surface area contributed by atoms with Crippen molar-refractivity contribution in [2.45, 2.75) is 38.6 Å². The molecule has 0 unspecified atom stereocenters. The molecule has 2 aromatic rings. The SMILES string of the molecule is CC1CC(C(=O)N2CCC(n3c(=O)[nH]c4ccccc43)CC2)C1. The number of rotatable bonds is 2. The van der Waals surface area contributed by atoms with Crippen molar-refractivity contribution in [2.24, 2.45) is 11.8 Å². The van der Waals surface area contributed by atoms with E-state index in [0.29, 0.717) is 11.8 Å². The average molecular weight is 313 g/mol. The number of benzene rings is 1. The van der Waals surface area contributed by atoms with E-state index in [9.17, 15) is 9.59 Å². The van der Waals surface area contributed by atoms with E-state index in [1.807, 2.05) is 33.7 Å². The average Bonchev–Trinajstić information content (AvgIpc) is 2.87. The minimum atomic E-state index is -0.0382. The van der Waals surface area contributed by atoms with Gasteiger partial charge in [0.2, 0.25) is 5.91 Å². The Morgan fingerprint density at radius 2 is 1.87 bits per heavy atom. The van der Waals surface area contributed by atoms with Gasteiger partial charge in [-0.05, 0) is 43.7 Å². The smallest absolute Gasteiger partial charge is 0.326 e. The molecule has 1 saturated heterocycles. The lowest BCUT2D eigenvalue weighted by Gasteiger charge is -2.39. The lowest BCUT2D eigenvalue weighted by molar-refractivity contribution is -0.141. The molecule has 2 fully saturated rings. The van der Waals surface area contributed by atoms with Crippen LogP contribution in [-0.4, -0.2) is 33.4 Å². The Morgan fingerprint density at radius 1 is 1.17 bits per heavy atom. The number of nitrogens with zero attached hydrogens (tertiary/aromatic N) is 2. The molecule has 1 aromatic carbocycles. The molecule has 4 rings (SSSR count). The molecule has 1 aliphatic carbocycles. The summed E-state index contributed by atoms with van der Waals surface area (Å²) in [5.74, 6) is 1.27. The molecule has 1 aromatic heterocycles. The Labute approximate surface area is 135 Å². The summed E-state index contributed by atoms with van der Waals surface area (Å²) in [5, 5.41) is 0. The normalized spacial score (nSPS) is 25.5. The van der Waals surface area contributed by atoms with Gasteiger partial charge in [-0.2, -0.15) is 0 Å². The van der Waals surface area contributed by atoms with Crippen molar-refractivity contribution in [3.63, 3.8) is 0 Å². The summed E-state index contributed by atoms with van der Waals surface area (Å²) in [7, 11) is 0. The molecule has 122 valence electrons. The number of piperidine rings is 1. The van der Waals surface area contributed by atoms with Crippen molar-refractivity contribution in [3.05, 3.63) is 34.7 Å². The maximum Gasteiger partial charge on any atom is 0.326 e. The number of hydrogen-bond donors (Lipinski definition) is 1. The monoisotopic (exact) mass is 313 g/mol. The van der Waals surface area contributed by atoms with Crippen molar-refractivity contribution in [1.82, 2.24) is 14.5 Å². The maximum atomic E-state index is 12.4.